The third kappa shape index (κ3) is 3.33. The standard InChI is InChI=1S/C17H15N5O2/c1-23-16-10-13(11-18)2-3-15(16)24-9-8-22-7-6-21-17(22)14-12-19-4-5-20-14/h2-7,10,12H,8-9H2,1H3. The van der Waals surface area contributed by atoms with Crippen LogP contribution >= 0.6 is 0 Å². The first-order chi connectivity index (χ1) is 11.8. The number of aromatic nitrogens is 4. The van der Waals surface area contributed by atoms with Gasteiger partial charge in [0.25, 0.3) is 0 Å². The highest BCUT2D eigenvalue weighted by Gasteiger charge is 2.09. The Bertz CT molecular complexity index is 855. The number of methoxy groups -OCH3 is 1. The van der Waals surface area contributed by atoms with Crippen molar-refractivity contribution < 1.29 is 9.47 Å². The van der Waals surface area contributed by atoms with Gasteiger partial charge in [-0.15, -0.1) is 0 Å². The summed E-state index contributed by atoms with van der Waals surface area (Å²) < 4.78 is 13.0. The molecule has 0 saturated heterocycles. The van der Waals surface area contributed by atoms with Crippen LogP contribution in [0.2, 0.25) is 0 Å². The summed E-state index contributed by atoms with van der Waals surface area (Å²) in [6.07, 6.45) is 8.50. The van der Waals surface area contributed by atoms with E-state index in [9.17, 15) is 0 Å². The molecule has 7 heteroatoms. The molecular formula is C17H15N5O2. The van der Waals surface area contributed by atoms with Gasteiger partial charge in [0, 0.05) is 30.9 Å². The first-order valence-electron chi connectivity index (χ1n) is 7.30. The molecule has 1 aromatic carbocycles. The fraction of sp³-hybridized carbons (Fsp3) is 0.176. The normalized spacial score (nSPS) is 10.2. The maximum Gasteiger partial charge on any atom is 0.162 e. The molecule has 0 bridgehead atoms. The molecule has 0 aliphatic heterocycles. The summed E-state index contributed by atoms with van der Waals surface area (Å²) >= 11 is 0. The minimum absolute atomic E-state index is 0.423. The summed E-state index contributed by atoms with van der Waals surface area (Å²) in [5.74, 6) is 1.87. The lowest BCUT2D eigenvalue weighted by molar-refractivity contribution is 0.280. The molecule has 0 saturated carbocycles. The second-order valence-corrected chi connectivity index (χ2v) is 4.86. The van der Waals surface area contributed by atoms with Crippen LogP contribution in [-0.4, -0.2) is 33.2 Å². The molecule has 0 atom stereocenters. The number of rotatable bonds is 6. The van der Waals surface area contributed by atoms with E-state index >= 15 is 0 Å². The molecule has 0 aliphatic carbocycles. The fourth-order valence-electron chi connectivity index (χ4n) is 2.25. The van der Waals surface area contributed by atoms with Crippen molar-refractivity contribution in [1.82, 2.24) is 19.5 Å². The van der Waals surface area contributed by atoms with Gasteiger partial charge in [0.05, 0.1) is 31.5 Å². The molecule has 0 aliphatic rings. The van der Waals surface area contributed by atoms with Crippen LogP contribution in [0.5, 0.6) is 11.5 Å². The number of hydrogen-bond acceptors (Lipinski definition) is 6. The van der Waals surface area contributed by atoms with Gasteiger partial charge in [-0.25, -0.2) is 9.97 Å². The van der Waals surface area contributed by atoms with Crippen LogP contribution in [0.4, 0.5) is 0 Å². The van der Waals surface area contributed by atoms with Gasteiger partial charge in [-0.1, -0.05) is 0 Å². The number of imidazole rings is 1. The molecule has 2 aromatic heterocycles. The summed E-state index contributed by atoms with van der Waals surface area (Å²) in [5.41, 5.74) is 1.23. The lowest BCUT2D eigenvalue weighted by atomic mass is 10.2. The minimum atomic E-state index is 0.423. The molecule has 0 N–H and O–H groups in total. The SMILES string of the molecule is COc1cc(C#N)ccc1OCCn1ccnc1-c1cnccn1. The van der Waals surface area contributed by atoms with Crippen molar-refractivity contribution >= 4 is 0 Å². The van der Waals surface area contributed by atoms with E-state index in [-0.39, 0.29) is 0 Å². The van der Waals surface area contributed by atoms with Crippen molar-refractivity contribution in [2.75, 3.05) is 13.7 Å². The Morgan fingerprint density at radius 1 is 1.17 bits per heavy atom. The highest BCUT2D eigenvalue weighted by atomic mass is 16.5. The first-order valence-corrected chi connectivity index (χ1v) is 7.30. The van der Waals surface area contributed by atoms with E-state index in [0.717, 1.165) is 5.82 Å². The molecule has 120 valence electrons. The van der Waals surface area contributed by atoms with Gasteiger partial charge in [0.2, 0.25) is 0 Å². The van der Waals surface area contributed by atoms with Crippen LogP contribution in [0.3, 0.4) is 0 Å². The van der Waals surface area contributed by atoms with E-state index in [4.69, 9.17) is 14.7 Å². The minimum Gasteiger partial charge on any atom is -0.493 e. The lowest BCUT2D eigenvalue weighted by Gasteiger charge is -2.12. The van der Waals surface area contributed by atoms with Crippen LogP contribution in [-0.2, 0) is 6.54 Å². The second-order valence-electron chi connectivity index (χ2n) is 4.86. The van der Waals surface area contributed by atoms with Gasteiger partial charge in [0.15, 0.2) is 17.3 Å². The summed E-state index contributed by atoms with van der Waals surface area (Å²) in [6.45, 7) is 1.01. The lowest BCUT2D eigenvalue weighted by Crippen LogP contribution is -2.09. The Morgan fingerprint density at radius 2 is 2.08 bits per heavy atom. The molecule has 7 nitrogen and oxygen atoms in total. The van der Waals surface area contributed by atoms with Gasteiger partial charge < -0.3 is 14.0 Å². The zero-order valence-corrected chi connectivity index (χ0v) is 13.1. The van der Waals surface area contributed by atoms with Gasteiger partial charge in [-0.05, 0) is 12.1 Å². The van der Waals surface area contributed by atoms with Gasteiger partial charge in [0.1, 0.15) is 12.3 Å². The molecule has 0 amide bonds. The Morgan fingerprint density at radius 3 is 2.83 bits per heavy atom. The summed E-state index contributed by atoms with van der Waals surface area (Å²) in [7, 11) is 1.55. The average Bonchev–Trinajstić information content (AvgIpc) is 3.11. The van der Waals surface area contributed by atoms with Gasteiger partial charge in [-0.3, -0.25) is 4.98 Å². The van der Waals surface area contributed by atoms with Gasteiger partial charge in [-0.2, -0.15) is 5.26 Å². The smallest absolute Gasteiger partial charge is 0.162 e. The highest BCUT2D eigenvalue weighted by Crippen LogP contribution is 2.27. The largest absolute Gasteiger partial charge is 0.493 e. The molecule has 0 fully saturated rings. The van der Waals surface area contributed by atoms with E-state index in [1.165, 1.54) is 0 Å². The van der Waals surface area contributed by atoms with E-state index in [0.29, 0.717) is 35.9 Å². The maximum atomic E-state index is 8.92. The van der Waals surface area contributed by atoms with E-state index in [1.54, 1.807) is 50.1 Å². The van der Waals surface area contributed by atoms with Crippen molar-refractivity contribution in [3.8, 4) is 29.1 Å². The highest BCUT2D eigenvalue weighted by molar-refractivity contribution is 5.48. The van der Waals surface area contributed by atoms with E-state index < -0.39 is 0 Å². The van der Waals surface area contributed by atoms with Crippen LogP contribution in [0.25, 0.3) is 11.5 Å². The summed E-state index contributed by atoms with van der Waals surface area (Å²) in [5, 5.41) is 8.92. The molecule has 0 spiro atoms. The van der Waals surface area contributed by atoms with Crippen molar-refractivity contribution in [3.05, 3.63) is 54.7 Å². The van der Waals surface area contributed by atoms with Crippen molar-refractivity contribution in [3.63, 3.8) is 0 Å². The number of hydrogen-bond donors (Lipinski definition) is 0. The van der Waals surface area contributed by atoms with Crippen molar-refractivity contribution in [2.45, 2.75) is 6.54 Å². The maximum absolute atomic E-state index is 8.92. The molecule has 24 heavy (non-hydrogen) atoms. The summed E-state index contributed by atoms with van der Waals surface area (Å²) in [4.78, 5) is 12.6. The number of nitriles is 1. The topological polar surface area (TPSA) is 85.9 Å². The van der Waals surface area contributed by atoms with Crippen molar-refractivity contribution in [2.24, 2.45) is 0 Å². The van der Waals surface area contributed by atoms with E-state index in [2.05, 4.69) is 21.0 Å². The summed E-state index contributed by atoms with van der Waals surface area (Å²) in [6, 6.07) is 7.15. The molecule has 2 heterocycles. The van der Waals surface area contributed by atoms with Crippen LogP contribution in [0, 0.1) is 11.3 Å². The number of benzene rings is 1. The Labute approximate surface area is 139 Å². The van der Waals surface area contributed by atoms with Crippen molar-refractivity contribution in [1.29, 1.82) is 5.26 Å². The average molecular weight is 321 g/mol. The third-order valence-electron chi connectivity index (χ3n) is 3.39. The zero-order chi connectivity index (χ0) is 16.8. The third-order valence-corrected chi connectivity index (χ3v) is 3.39. The quantitative estimate of drug-likeness (QED) is 0.692. The first kappa shape index (κ1) is 15.5. The number of ether oxygens (including phenoxy) is 2. The van der Waals surface area contributed by atoms with E-state index in [1.807, 2.05) is 10.8 Å². The van der Waals surface area contributed by atoms with Crippen LogP contribution in [0.15, 0.2) is 49.2 Å². The Balaban J connectivity index is 1.68. The Kier molecular flexibility index (Phi) is 4.68. The zero-order valence-electron chi connectivity index (χ0n) is 13.1. The monoisotopic (exact) mass is 321 g/mol. The predicted molar refractivity (Wildman–Crippen MR) is 86.5 cm³/mol. The molecule has 3 rings (SSSR count). The van der Waals surface area contributed by atoms with Crippen LogP contribution in [0.1, 0.15) is 5.56 Å². The molecule has 0 unspecified atom stereocenters. The molecular weight excluding hydrogens is 306 g/mol. The van der Waals surface area contributed by atoms with Gasteiger partial charge >= 0.3 is 0 Å². The predicted octanol–water partition coefficient (Wildman–Crippen LogP) is 2.30. The number of nitrogens with zero attached hydrogens (tertiary/aromatic N) is 5. The van der Waals surface area contributed by atoms with Crippen LogP contribution < -0.4 is 9.47 Å². The molecule has 0 radical (unpaired) electrons. The molecule has 3 aromatic rings. The fourth-order valence-corrected chi connectivity index (χ4v) is 2.25. The second kappa shape index (κ2) is 7.24. The Hall–Kier alpha value is -3.40.